The largest absolute Gasteiger partial charge is 0.355 e. The molecule has 0 amide bonds. The van der Waals surface area contributed by atoms with E-state index in [9.17, 15) is 0 Å². The first-order valence-corrected chi connectivity index (χ1v) is 8.74. The van der Waals surface area contributed by atoms with Crippen LogP contribution in [0.15, 0.2) is 53.5 Å². The summed E-state index contributed by atoms with van der Waals surface area (Å²) in [6.07, 6.45) is 0. The van der Waals surface area contributed by atoms with E-state index in [2.05, 4.69) is 0 Å². The molecule has 4 nitrogen and oxygen atoms in total. The van der Waals surface area contributed by atoms with Crippen molar-refractivity contribution in [3.8, 4) is 0 Å². The number of nitrogens with zero attached hydrogens (tertiary/aromatic N) is 4. The lowest BCUT2D eigenvalue weighted by Crippen LogP contribution is -2.48. The van der Waals surface area contributed by atoms with Crippen LogP contribution in [0.25, 0.3) is 0 Å². The van der Waals surface area contributed by atoms with Crippen molar-refractivity contribution in [1.29, 1.82) is 0 Å². The molecule has 0 aromatic heterocycles. The SMILES string of the molecule is CN(C)C(=S)N(C(=Nc1cccc(Cl)c1)N(C)C)c1cccc(Cl)c1. The summed E-state index contributed by atoms with van der Waals surface area (Å²) >= 11 is 17.9. The van der Waals surface area contributed by atoms with Crippen molar-refractivity contribution in [3.05, 3.63) is 58.6 Å². The summed E-state index contributed by atoms with van der Waals surface area (Å²) in [5.41, 5.74) is 1.57. The number of hydrogen-bond acceptors (Lipinski definition) is 2. The third kappa shape index (κ3) is 5.08. The zero-order chi connectivity index (χ0) is 18.6. The molecule has 0 unspecified atom stereocenters. The lowest BCUT2D eigenvalue weighted by Gasteiger charge is -2.33. The summed E-state index contributed by atoms with van der Waals surface area (Å²) in [6.45, 7) is 0. The number of rotatable bonds is 2. The number of hydrogen-bond donors (Lipinski definition) is 0. The highest BCUT2D eigenvalue weighted by Crippen LogP contribution is 2.24. The highest BCUT2D eigenvalue weighted by Gasteiger charge is 2.22. The molecular formula is C18H20Cl2N4S. The topological polar surface area (TPSA) is 22.1 Å². The van der Waals surface area contributed by atoms with Crippen LogP contribution in [0, 0.1) is 0 Å². The van der Waals surface area contributed by atoms with Crippen LogP contribution < -0.4 is 4.90 Å². The molecule has 0 aliphatic rings. The Kier molecular flexibility index (Phi) is 6.64. The number of aliphatic imine (C=N–C) groups is 1. The molecule has 2 rings (SSSR count). The van der Waals surface area contributed by atoms with Crippen molar-refractivity contribution >= 4 is 57.9 Å². The fourth-order valence-corrected chi connectivity index (χ4v) is 2.69. The Hall–Kier alpha value is -1.82. The fraction of sp³-hybridized carbons (Fsp3) is 0.222. The van der Waals surface area contributed by atoms with Crippen LogP contribution in [0.3, 0.4) is 0 Å². The zero-order valence-electron chi connectivity index (χ0n) is 14.6. The smallest absolute Gasteiger partial charge is 0.212 e. The van der Waals surface area contributed by atoms with Gasteiger partial charge in [-0.25, -0.2) is 4.99 Å². The number of halogens is 2. The van der Waals surface area contributed by atoms with E-state index in [4.69, 9.17) is 40.4 Å². The maximum absolute atomic E-state index is 6.18. The average Bonchev–Trinajstić information content (AvgIpc) is 2.54. The number of thiocarbonyl (C=S) groups is 1. The Bertz CT molecular complexity index is 790. The van der Waals surface area contributed by atoms with Crippen molar-refractivity contribution in [3.63, 3.8) is 0 Å². The summed E-state index contributed by atoms with van der Waals surface area (Å²) in [7, 11) is 7.62. The molecule has 2 aromatic rings. The minimum Gasteiger partial charge on any atom is -0.355 e. The van der Waals surface area contributed by atoms with Crippen LogP contribution in [0.1, 0.15) is 0 Å². The first-order valence-electron chi connectivity index (χ1n) is 7.58. The van der Waals surface area contributed by atoms with E-state index >= 15 is 0 Å². The maximum Gasteiger partial charge on any atom is 0.212 e. The molecule has 0 heterocycles. The summed E-state index contributed by atoms with van der Waals surface area (Å²) in [6, 6.07) is 14.9. The van der Waals surface area contributed by atoms with E-state index in [1.807, 2.05) is 85.4 Å². The van der Waals surface area contributed by atoms with E-state index in [0.29, 0.717) is 21.1 Å². The van der Waals surface area contributed by atoms with Gasteiger partial charge in [-0.2, -0.15) is 0 Å². The predicted octanol–water partition coefficient (Wildman–Crippen LogP) is 4.90. The van der Waals surface area contributed by atoms with Crippen LogP contribution >= 0.6 is 35.4 Å². The highest BCUT2D eigenvalue weighted by molar-refractivity contribution is 7.80. The van der Waals surface area contributed by atoms with Crippen molar-refractivity contribution in [2.45, 2.75) is 0 Å². The van der Waals surface area contributed by atoms with Gasteiger partial charge in [-0.15, -0.1) is 0 Å². The number of guanidine groups is 1. The van der Waals surface area contributed by atoms with Gasteiger partial charge in [-0.05, 0) is 48.6 Å². The Balaban J connectivity index is 2.60. The minimum absolute atomic E-state index is 0.594. The van der Waals surface area contributed by atoms with Gasteiger partial charge >= 0.3 is 0 Å². The second-order valence-electron chi connectivity index (χ2n) is 5.78. The molecule has 0 radical (unpaired) electrons. The van der Waals surface area contributed by atoms with Crippen molar-refractivity contribution in [2.75, 3.05) is 33.1 Å². The summed E-state index contributed by atoms with van der Waals surface area (Å²) in [4.78, 5) is 10.4. The lowest BCUT2D eigenvalue weighted by molar-refractivity contribution is 0.594. The van der Waals surface area contributed by atoms with Crippen molar-refractivity contribution in [1.82, 2.24) is 9.80 Å². The lowest BCUT2D eigenvalue weighted by atomic mass is 10.3. The molecule has 132 valence electrons. The molecule has 0 bridgehead atoms. The summed E-state index contributed by atoms with van der Waals surface area (Å²) in [5.74, 6) is 0.656. The van der Waals surface area contributed by atoms with Gasteiger partial charge in [0.05, 0.1) is 11.4 Å². The van der Waals surface area contributed by atoms with E-state index < -0.39 is 0 Å². The van der Waals surface area contributed by atoms with Gasteiger partial charge in [0, 0.05) is 38.2 Å². The molecule has 0 saturated carbocycles. The quantitative estimate of drug-likeness (QED) is 0.410. The molecular weight excluding hydrogens is 375 g/mol. The second kappa shape index (κ2) is 8.52. The Morgan fingerprint density at radius 3 is 2.00 bits per heavy atom. The van der Waals surface area contributed by atoms with Crippen LogP contribution in [-0.4, -0.2) is 49.1 Å². The average molecular weight is 395 g/mol. The molecule has 0 saturated heterocycles. The molecule has 0 spiro atoms. The summed E-state index contributed by atoms with van der Waals surface area (Å²) < 4.78 is 0. The molecule has 25 heavy (non-hydrogen) atoms. The maximum atomic E-state index is 6.18. The highest BCUT2D eigenvalue weighted by atomic mass is 35.5. The first-order chi connectivity index (χ1) is 11.8. The van der Waals surface area contributed by atoms with Gasteiger partial charge in [-0.3, -0.25) is 4.90 Å². The number of benzene rings is 2. The van der Waals surface area contributed by atoms with Gasteiger partial charge in [0.1, 0.15) is 0 Å². The van der Waals surface area contributed by atoms with Crippen LogP contribution in [-0.2, 0) is 0 Å². The molecule has 7 heteroatoms. The first kappa shape index (κ1) is 19.5. The Labute approximate surface area is 164 Å². The van der Waals surface area contributed by atoms with E-state index in [-0.39, 0.29) is 0 Å². The van der Waals surface area contributed by atoms with Gasteiger partial charge in [-0.1, -0.05) is 35.3 Å². The molecule has 0 aliphatic carbocycles. The molecule has 0 N–H and O–H groups in total. The standard InChI is InChI=1S/C18H20Cl2N4S/c1-22(2)17(21-15-9-5-7-13(19)11-15)24(18(25)23(3)4)16-10-6-8-14(20)12-16/h5-12H,1-4H3. The Morgan fingerprint density at radius 1 is 0.880 bits per heavy atom. The van der Waals surface area contributed by atoms with Gasteiger partial charge in [0.2, 0.25) is 5.96 Å². The monoisotopic (exact) mass is 394 g/mol. The van der Waals surface area contributed by atoms with Gasteiger partial charge < -0.3 is 9.80 Å². The van der Waals surface area contributed by atoms with E-state index in [0.717, 1.165) is 11.4 Å². The minimum atomic E-state index is 0.594. The normalized spacial score (nSPS) is 11.2. The Morgan fingerprint density at radius 2 is 1.48 bits per heavy atom. The van der Waals surface area contributed by atoms with Crippen LogP contribution in [0.5, 0.6) is 0 Å². The van der Waals surface area contributed by atoms with Crippen LogP contribution in [0.2, 0.25) is 10.0 Å². The van der Waals surface area contributed by atoms with Crippen molar-refractivity contribution in [2.24, 2.45) is 4.99 Å². The van der Waals surface area contributed by atoms with Crippen LogP contribution in [0.4, 0.5) is 11.4 Å². The number of anilines is 1. The predicted molar refractivity (Wildman–Crippen MR) is 112 cm³/mol. The van der Waals surface area contributed by atoms with Gasteiger partial charge in [0.15, 0.2) is 5.11 Å². The third-order valence-corrected chi connectivity index (χ3v) is 4.30. The third-order valence-electron chi connectivity index (χ3n) is 3.28. The zero-order valence-corrected chi connectivity index (χ0v) is 16.9. The van der Waals surface area contributed by atoms with Crippen molar-refractivity contribution < 1.29 is 0 Å². The molecule has 2 aromatic carbocycles. The fourth-order valence-electron chi connectivity index (χ4n) is 2.14. The second-order valence-corrected chi connectivity index (χ2v) is 7.02. The van der Waals surface area contributed by atoms with E-state index in [1.54, 1.807) is 6.07 Å². The molecule has 0 fully saturated rings. The van der Waals surface area contributed by atoms with Gasteiger partial charge in [0.25, 0.3) is 0 Å². The summed E-state index contributed by atoms with van der Waals surface area (Å²) in [5, 5.41) is 1.85. The van der Waals surface area contributed by atoms with E-state index in [1.165, 1.54) is 0 Å². The molecule has 0 atom stereocenters. The molecule has 0 aliphatic heterocycles.